The molecule has 2 rings (SSSR count). The predicted molar refractivity (Wildman–Crippen MR) is 80.7 cm³/mol. The normalized spacial score (nSPS) is 20.5. The fourth-order valence-electron chi connectivity index (χ4n) is 2.58. The third-order valence-electron chi connectivity index (χ3n) is 3.62. The summed E-state index contributed by atoms with van der Waals surface area (Å²) < 4.78 is 51.7. The van der Waals surface area contributed by atoms with Crippen molar-refractivity contribution < 1.29 is 21.9 Å². The number of sulfone groups is 1. The molecule has 0 amide bonds. The topological polar surface area (TPSA) is 46.6 Å². The molecule has 1 atom stereocenters. The molecule has 0 radical (unpaired) electrons. The van der Waals surface area contributed by atoms with E-state index in [0.29, 0.717) is 19.5 Å². The summed E-state index contributed by atoms with van der Waals surface area (Å²) in [4.78, 5) is 2.04. The van der Waals surface area contributed by atoms with Crippen molar-refractivity contribution in [3.63, 3.8) is 0 Å². The minimum absolute atomic E-state index is 0.0278. The van der Waals surface area contributed by atoms with E-state index >= 15 is 0 Å². The number of halogens is 2. The first kappa shape index (κ1) is 16.9. The van der Waals surface area contributed by atoms with Gasteiger partial charge in [-0.1, -0.05) is 18.2 Å². The van der Waals surface area contributed by atoms with Crippen molar-refractivity contribution in [2.75, 3.05) is 18.1 Å². The molecule has 22 heavy (non-hydrogen) atoms. The van der Waals surface area contributed by atoms with Crippen molar-refractivity contribution in [2.24, 2.45) is 0 Å². The second-order valence-corrected chi connectivity index (χ2v) is 7.53. The second-order valence-electron chi connectivity index (χ2n) is 5.30. The standard InChI is InChI=1S/C15H19F2NO3S/c1-2-8-18(13-7-9-22(19,20)11-13)10-12-3-5-14(6-4-12)21-15(16)17/h2-6,13,15H,1,7-11H2. The zero-order valence-electron chi connectivity index (χ0n) is 12.1. The summed E-state index contributed by atoms with van der Waals surface area (Å²) in [6.45, 7) is 1.98. The summed E-state index contributed by atoms with van der Waals surface area (Å²) in [6, 6.07) is 6.35. The van der Waals surface area contributed by atoms with Crippen LogP contribution in [0.25, 0.3) is 0 Å². The van der Waals surface area contributed by atoms with E-state index in [4.69, 9.17) is 0 Å². The van der Waals surface area contributed by atoms with Gasteiger partial charge in [0.2, 0.25) is 0 Å². The Labute approximate surface area is 129 Å². The Bertz CT molecular complexity index is 602. The average molecular weight is 331 g/mol. The Morgan fingerprint density at radius 2 is 2.05 bits per heavy atom. The molecule has 0 aliphatic carbocycles. The maximum atomic E-state index is 12.1. The molecule has 1 aliphatic heterocycles. The average Bonchev–Trinajstić information content (AvgIpc) is 2.80. The molecule has 1 aliphatic rings. The summed E-state index contributed by atoms with van der Waals surface area (Å²) in [7, 11) is -2.95. The van der Waals surface area contributed by atoms with Crippen LogP contribution in [0.2, 0.25) is 0 Å². The summed E-state index contributed by atoms with van der Waals surface area (Å²) in [5, 5.41) is 0. The molecule has 4 nitrogen and oxygen atoms in total. The van der Waals surface area contributed by atoms with E-state index in [1.165, 1.54) is 12.1 Å². The zero-order chi connectivity index (χ0) is 16.2. The number of benzene rings is 1. The second kappa shape index (κ2) is 7.19. The third-order valence-corrected chi connectivity index (χ3v) is 5.37. The summed E-state index contributed by atoms with van der Waals surface area (Å²) in [6.07, 6.45) is 2.35. The third kappa shape index (κ3) is 4.78. The Morgan fingerprint density at radius 1 is 1.36 bits per heavy atom. The number of nitrogens with zero attached hydrogens (tertiary/aromatic N) is 1. The maximum absolute atomic E-state index is 12.1. The summed E-state index contributed by atoms with van der Waals surface area (Å²) in [5.74, 6) is 0.484. The molecular formula is C15H19F2NO3S. The molecule has 1 aromatic rings. The van der Waals surface area contributed by atoms with Crippen molar-refractivity contribution in [2.45, 2.75) is 25.6 Å². The minimum Gasteiger partial charge on any atom is -0.435 e. The van der Waals surface area contributed by atoms with Crippen molar-refractivity contribution in [3.05, 3.63) is 42.5 Å². The molecule has 1 heterocycles. The molecule has 0 spiro atoms. The van der Waals surface area contributed by atoms with Gasteiger partial charge in [0.1, 0.15) is 5.75 Å². The Balaban J connectivity index is 2.03. The van der Waals surface area contributed by atoms with E-state index in [-0.39, 0.29) is 23.3 Å². The molecule has 1 saturated heterocycles. The lowest BCUT2D eigenvalue weighted by Gasteiger charge is -2.26. The van der Waals surface area contributed by atoms with Gasteiger partial charge in [-0.25, -0.2) is 8.42 Å². The zero-order valence-corrected chi connectivity index (χ0v) is 12.9. The van der Waals surface area contributed by atoms with Crippen molar-refractivity contribution >= 4 is 9.84 Å². The van der Waals surface area contributed by atoms with Gasteiger partial charge in [-0.3, -0.25) is 4.90 Å². The van der Waals surface area contributed by atoms with Gasteiger partial charge in [-0.2, -0.15) is 8.78 Å². The first-order chi connectivity index (χ1) is 10.4. The van der Waals surface area contributed by atoms with Gasteiger partial charge in [0.05, 0.1) is 11.5 Å². The van der Waals surface area contributed by atoms with Crippen LogP contribution >= 0.6 is 0 Å². The van der Waals surface area contributed by atoms with Gasteiger partial charge in [0, 0.05) is 19.1 Å². The Hall–Kier alpha value is -1.47. The monoisotopic (exact) mass is 331 g/mol. The molecule has 122 valence electrons. The SMILES string of the molecule is C=CCN(Cc1ccc(OC(F)F)cc1)C1CCS(=O)(=O)C1. The highest BCUT2D eigenvalue weighted by Gasteiger charge is 2.31. The fraction of sp³-hybridized carbons (Fsp3) is 0.467. The fourth-order valence-corrected chi connectivity index (χ4v) is 4.34. The quantitative estimate of drug-likeness (QED) is 0.720. The number of hydrogen-bond donors (Lipinski definition) is 0. The van der Waals surface area contributed by atoms with Gasteiger partial charge in [0.15, 0.2) is 9.84 Å². The predicted octanol–water partition coefficient (Wildman–Crippen LogP) is 2.46. The lowest BCUT2D eigenvalue weighted by atomic mass is 10.1. The molecule has 1 aromatic carbocycles. The number of alkyl halides is 2. The largest absolute Gasteiger partial charge is 0.435 e. The smallest absolute Gasteiger partial charge is 0.387 e. The molecule has 0 bridgehead atoms. The van der Waals surface area contributed by atoms with E-state index in [1.54, 1.807) is 18.2 Å². The molecule has 0 saturated carbocycles. The van der Waals surface area contributed by atoms with Crippen LogP contribution in [-0.4, -0.2) is 44.0 Å². The highest BCUT2D eigenvalue weighted by molar-refractivity contribution is 7.91. The van der Waals surface area contributed by atoms with E-state index in [1.807, 2.05) is 4.90 Å². The van der Waals surface area contributed by atoms with Crippen LogP contribution in [0.5, 0.6) is 5.75 Å². The van der Waals surface area contributed by atoms with Crippen LogP contribution in [-0.2, 0) is 16.4 Å². The van der Waals surface area contributed by atoms with E-state index in [2.05, 4.69) is 11.3 Å². The highest BCUT2D eigenvalue weighted by atomic mass is 32.2. The lowest BCUT2D eigenvalue weighted by Crippen LogP contribution is -2.35. The molecule has 1 unspecified atom stereocenters. The van der Waals surface area contributed by atoms with Gasteiger partial charge in [0.25, 0.3) is 0 Å². The number of rotatable bonds is 7. The molecular weight excluding hydrogens is 312 g/mol. The van der Waals surface area contributed by atoms with Crippen LogP contribution in [0.3, 0.4) is 0 Å². The number of ether oxygens (including phenoxy) is 1. The Kier molecular flexibility index (Phi) is 5.52. The first-order valence-electron chi connectivity index (χ1n) is 6.99. The van der Waals surface area contributed by atoms with Crippen LogP contribution in [0.1, 0.15) is 12.0 Å². The van der Waals surface area contributed by atoms with Gasteiger partial charge in [-0.15, -0.1) is 6.58 Å². The van der Waals surface area contributed by atoms with Gasteiger partial charge < -0.3 is 4.74 Å². The summed E-state index contributed by atoms with van der Waals surface area (Å²) >= 11 is 0. The summed E-state index contributed by atoms with van der Waals surface area (Å²) in [5.41, 5.74) is 0.910. The van der Waals surface area contributed by atoms with E-state index in [0.717, 1.165) is 5.56 Å². The molecule has 1 fully saturated rings. The number of hydrogen-bond acceptors (Lipinski definition) is 4. The van der Waals surface area contributed by atoms with Crippen LogP contribution in [0.15, 0.2) is 36.9 Å². The van der Waals surface area contributed by atoms with Crippen molar-refractivity contribution in [1.29, 1.82) is 0 Å². The minimum atomic E-state index is -2.95. The van der Waals surface area contributed by atoms with Crippen LogP contribution in [0, 0.1) is 0 Å². The first-order valence-corrected chi connectivity index (χ1v) is 8.81. The molecule has 7 heteroatoms. The van der Waals surface area contributed by atoms with Crippen LogP contribution in [0.4, 0.5) is 8.78 Å². The van der Waals surface area contributed by atoms with Crippen molar-refractivity contribution in [1.82, 2.24) is 4.90 Å². The maximum Gasteiger partial charge on any atom is 0.387 e. The molecule has 0 N–H and O–H groups in total. The Morgan fingerprint density at radius 3 is 2.55 bits per heavy atom. The van der Waals surface area contributed by atoms with Gasteiger partial charge >= 0.3 is 6.61 Å². The molecule has 0 aromatic heterocycles. The van der Waals surface area contributed by atoms with Gasteiger partial charge in [-0.05, 0) is 24.1 Å². The van der Waals surface area contributed by atoms with E-state index in [9.17, 15) is 17.2 Å². The lowest BCUT2D eigenvalue weighted by molar-refractivity contribution is -0.0498. The van der Waals surface area contributed by atoms with Crippen LogP contribution < -0.4 is 4.74 Å². The van der Waals surface area contributed by atoms with Crippen molar-refractivity contribution in [3.8, 4) is 5.75 Å². The van der Waals surface area contributed by atoms with E-state index < -0.39 is 16.4 Å². The highest BCUT2D eigenvalue weighted by Crippen LogP contribution is 2.21.